The first-order valence-electron chi connectivity index (χ1n) is 6.54. The van der Waals surface area contributed by atoms with Crippen LogP contribution in [0, 0.1) is 17.8 Å². The number of ether oxygens (including phenoxy) is 1. The molecule has 1 fully saturated rings. The number of carbonyl (C=O) groups is 2. The van der Waals surface area contributed by atoms with E-state index >= 15 is 0 Å². The Labute approximate surface area is 124 Å². The van der Waals surface area contributed by atoms with Crippen LogP contribution in [0.3, 0.4) is 0 Å². The van der Waals surface area contributed by atoms with Gasteiger partial charge in [-0.25, -0.2) is 4.79 Å². The number of alkyl halides is 3. The van der Waals surface area contributed by atoms with Crippen molar-refractivity contribution in [2.75, 3.05) is 6.54 Å². The standard InChI is InChI=1S/C14H14F3NO4/c15-14(16,17)11-9(10(11)12(19)20)6-18-13(21)22-7-8-4-2-1-3-5-8/h1-5,9-11H,6-7H2,(H,18,21)(H,19,20)/t9-,10+,11+/m1/s1. The summed E-state index contributed by atoms with van der Waals surface area (Å²) in [6, 6.07) is 8.76. The van der Waals surface area contributed by atoms with Crippen molar-refractivity contribution in [1.82, 2.24) is 5.32 Å². The number of alkyl carbamates (subject to hydrolysis) is 1. The van der Waals surface area contributed by atoms with Gasteiger partial charge in [-0.05, 0) is 5.56 Å². The molecule has 2 N–H and O–H groups in total. The molecule has 0 bridgehead atoms. The van der Waals surface area contributed by atoms with Crippen LogP contribution in [-0.2, 0) is 16.1 Å². The summed E-state index contributed by atoms with van der Waals surface area (Å²) in [4.78, 5) is 22.2. The molecule has 3 atom stereocenters. The number of carbonyl (C=O) groups excluding carboxylic acids is 1. The number of rotatable bonds is 5. The van der Waals surface area contributed by atoms with Crippen molar-refractivity contribution in [2.45, 2.75) is 12.8 Å². The van der Waals surface area contributed by atoms with E-state index in [0.29, 0.717) is 0 Å². The SMILES string of the molecule is O=C(NC[C@@H]1[C@H](C(=O)O)[C@H]1C(F)(F)F)OCc1ccccc1. The summed E-state index contributed by atoms with van der Waals surface area (Å²) < 4.78 is 42.6. The zero-order chi connectivity index (χ0) is 16.3. The average Bonchev–Trinajstić information content (AvgIpc) is 3.19. The van der Waals surface area contributed by atoms with Gasteiger partial charge < -0.3 is 15.2 Å². The zero-order valence-electron chi connectivity index (χ0n) is 11.3. The minimum atomic E-state index is -4.58. The molecule has 0 saturated heterocycles. The summed E-state index contributed by atoms with van der Waals surface area (Å²) in [6.45, 7) is -0.392. The Bertz CT molecular complexity index is 547. The van der Waals surface area contributed by atoms with Gasteiger partial charge in [-0.1, -0.05) is 30.3 Å². The minimum Gasteiger partial charge on any atom is -0.481 e. The Morgan fingerprint density at radius 1 is 1.23 bits per heavy atom. The normalized spacial score (nSPS) is 23.7. The molecule has 22 heavy (non-hydrogen) atoms. The van der Waals surface area contributed by atoms with E-state index in [0.717, 1.165) is 5.56 Å². The van der Waals surface area contributed by atoms with Gasteiger partial charge >= 0.3 is 18.2 Å². The van der Waals surface area contributed by atoms with E-state index < -0.39 is 36.0 Å². The Balaban J connectivity index is 1.78. The van der Waals surface area contributed by atoms with Crippen molar-refractivity contribution in [3.8, 4) is 0 Å². The average molecular weight is 317 g/mol. The molecule has 2 rings (SSSR count). The van der Waals surface area contributed by atoms with Crippen LogP contribution in [0.1, 0.15) is 5.56 Å². The number of aliphatic carboxylic acids is 1. The van der Waals surface area contributed by atoms with E-state index in [4.69, 9.17) is 9.84 Å². The summed E-state index contributed by atoms with van der Waals surface area (Å²) in [6.07, 6.45) is -5.45. The number of carboxylic acid groups (broad SMARTS) is 1. The molecule has 0 aromatic heterocycles. The van der Waals surface area contributed by atoms with Gasteiger partial charge in [0.1, 0.15) is 6.61 Å². The fraction of sp³-hybridized carbons (Fsp3) is 0.429. The van der Waals surface area contributed by atoms with Gasteiger partial charge in [-0.3, -0.25) is 4.79 Å². The predicted octanol–water partition coefficient (Wildman–Crippen LogP) is 2.42. The topological polar surface area (TPSA) is 75.6 Å². The summed E-state index contributed by atoms with van der Waals surface area (Å²) in [7, 11) is 0. The monoisotopic (exact) mass is 317 g/mol. The second kappa shape index (κ2) is 6.25. The van der Waals surface area contributed by atoms with Gasteiger partial charge in [0.25, 0.3) is 0 Å². The van der Waals surface area contributed by atoms with Crippen LogP contribution in [0.15, 0.2) is 30.3 Å². The van der Waals surface area contributed by atoms with Gasteiger partial charge in [-0.15, -0.1) is 0 Å². The molecular weight excluding hydrogens is 303 g/mol. The molecule has 0 aliphatic heterocycles. The molecule has 0 unspecified atom stereocenters. The molecule has 0 heterocycles. The first kappa shape index (κ1) is 16.1. The molecule has 120 valence electrons. The zero-order valence-corrected chi connectivity index (χ0v) is 11.3. The van der Waals surface area contributed by atoms with Crippen molar-refractivity contribution in [1.29, 1.82) is 0 Å². The lowest BCUT2D eigenvalue weighted by atomic mass is 10.2. The molecule has 8 heteroatoms. The third-order valence-electron chi connectivity index (χ3n) is 3.53. The highest BCUT2D eigenvalue weighted by molar-refractivity contribution is 5.75. The second-order valence-corrected chi connectivity index (χ2v) is 5.04. The molecule has 1 aliphatic rings. The number of halogens is 3. The lowest BCUT2D eigenvalue weighted by molar-refractivity contribution is -0.161. The van der Waals surface area contributed by atoms with Crippen molar-refractivity contribution in [3.63, 3.8) is 0 Å². The number of amides is 1. The third-order valence-corrected chi connectivity index (χ3v) is 3.53. The number of hydrogen-bond acceptors (Lipinski definition) is 3. The Morgan fingerprint density at radius 2 is 1.86 bits per heavy atom. The van der Waals surface area contributed by atoms with Crippen molar-refractivity contribution in [3.05, 3.63) is 35.9 Å². The molecule has 1 saturated carbocycles. The van der Waals surface area contributed by atoms with Gasteiger partial charge in [-0.2, -0.15) is 13.2 Å². The smallest absolute Gasteiger partial charge is 0.407 e. The number of benzene rings is 1. The largest absolute Gasteiger partial charge is 0.481 e. The fourth-order valence-corrected chi connectivity index (χ4v) is 2.39. The Hall–Kier alpha value is -2.25. The highest BCUT2D eigenvalue weighted by atomic mass is 19.4. The third kappa shape index (κ3) is 3.90. The maximum Gasteiger partial charge on any atom is 0.407 e. The molecular formula is C14H14F3NO4. The van der Waals surface area contributed by atoms with E-state index in [1.165, 1.54) is 0 Å². The quantitative estimate of drug-likeness (QED) is 0.874. The predicted molar refractivity (Wildman–Crippen MR) is 68.8 cm³/mol. The lowest BCUT2D eigenvalue weighted by Gasteiger charge is -2.07. The van der Waals surface area contributed by atoms with Crippen LogP contribution in [0.5, 0.6) is 0 Å². The number of hydrogen-bond donors (Lipinski definition) is 2. The first-order chi connectivity index (χ1) is 10.3. The van der Waals surface area contributed by atoms with Gasteiger partial charge in [0.15, 0.2) is 0 Å². The molecule has 0 spiro atoms. The summed E-state index contributed by atoms with van der Waals surface area (Å²) in [5.74, 6) is -6.08. The minimum absolute atomic E-state index is 0.0115. The van der Waals surface area contributed by atoms with Crippen LogP contribution in [0.4, 0.5) is 18.0 Å². The Kier molecular flexibility index (Phi) is 4.58. The lowest BCUT2D eigenvalue weighted by Crippen LogP contribution is -2.28. The van der Waals surface area contributed by atoms with E-state index in [-0.39, 0.29) is 13.2 Å². The summed E-state index contributed by atoms with van der Waals surface area (Å²) >= 11 is 0. The van der Waals surface area contributed by atoms with Crippen molar-refractivity contribution < 1.29 is 32.6 Å². The van der Waals surface area contributed by atoms with Crippen molar-refractivity contribution in [2.24, 2.45) is 17.8 Å². The maximum atomic E-state index is 12.6. The van der Waals surface area contributed by atoms with E-state index in [9.17, 15) is 22.8 Å². The highest BCUT2D eigenvalue weighted by Crippen LogP contribution is 2.55. The fourth-order valence-electron chi connectivity index (χ4n) is 2.39. The number of nitrogens with one attached hydrogen (secondary N) is 1. The van der Waals surface area contributed by atoms with Crippen LogP contribution in [0.2, 0.25) is 0 Å². The van der Waals surface area contributed by atoms with Crippen LogP contribution in [-0.4, -0.2) is 29.9 Å². The molecule has 1 aromatic rings. The van der Waals surface area contributed by atoms with E-state index in [1.54, 1.807) is 30.3 Å². The summed E-state index contributed by atoms with van der Waals surface area (Å²) in [5, 5.41) is 10.9. The summed E-state index contributed by atoms with van der Waals surface area (Å²) in [5.41, 5.74) is 0.737. The van der Waals surface area contributed by atoms with Crippen LogP contribution in [0.25, 0.3) is 0 Å². The van der Waals surface area contributed by atoms with Crippen molar-refractivity contribution >= 4 is 12.1 Å². The van der Waals surface area contributed by atoms with Crippen LogP contribution < -0.4 is 5.32 Å². The van der Waals surface area contributed by atoms with Crippen LogP contribution >= 0.6 is 0 Å². The first-order valence-corrected chi connectivity index (χ1v) is 6.54. The highest BCUT2D eigenvalue weighted by Gasteiger charge is 2.67. The molecule has 1 amide bonds. The molecule has 1 aromatic carbocycles. The van der Waals surface area contributed by atoms with E-state index in [2.05, 4.69) is 5.32 Å². The second-order valence-electron chi connectivity index (χ2n) is 5.04. The molecule has 5 nitrogen and oxygen atoms in total. The van der Waals surface area contributed by atoms with Gasteiger partial charge in [0, 0.05) is 12.5 Å². The molecule has 0 radical (unpaired) electrons. The van der Waals surface area contributed by atoms with Gasteiger partial charge in [0.2, 0.25) is 0 Å². The maximum absolute atomic E-state index is 12.6. The molecule has 1 aliphatic carbocycles. The number of carboxylic acids is 1. The van der Waals surface area contributed by atoms with Gasteiger partial charge in [0.05, 0.1) is 11.8 Å². The van der Waals surface area contributed by atoms with E-state index in [1.807, 2.05) is 0 Å². The Morgan fingerprint density at radius 3 is 2.36 bits per heavy atom.